The number of hydrogen-bond acceptors (Lipinski definition) is 3. The molecule has 0 atom stereocenters. The van der Waals surface area contributed by atoms with Crippen molar-refractivity contribution in [2.24, 2.45) is 0 Å². The van der Waals surface area contributed by atoms with E-state index in [1.807, 2.05) is 4.90 Å². The van der Waals surface area contributed by atoms with Crippen LogP contribution < -0.4 is 10.2 Å². The van der Waals surface area contributed by atoms with E-state index in [9.17, 15) is 22.8 Å². The lowest BCUT2D eigenvalue weighted by molar-refractivity contribution is -0.130. The topological polar surface area (TPSA) is 52.7 Å². The van der Waals surface area contributed by atoms with Gasteiger partial charge in [0.05, 0.1) is 17.8 Å². The molecule has 3 rings (SSSR count). The van der Waals surface area contributed by atoms with Gasteiger partial charge in [-0.3, -0.25) is 9.59 Å². The van der Waals surface area contributed by atoms with Crippen molar-refractivity contribution < 1.29 is 22.8 Å². The van der Waals surface area contributed by atoms with Gasteiger partial charge in [-0.1, -0.05) is 12.1 Å². The average molecular weight is 377 g/mol. The summed E-state index contributed by atoms with van der Waals surface area (Å²) in [6.45, 7) is 1.40. The highest BCUT2D eigenvalue weighted by atomic mass is 19.1. The molecule has 1 N–H and O–H groups in total. The minimum atomic E-state index is -0.988. The number of halogens is 3. The van der Waals surface area contributed by atoms with Crippen LogP contribution in [0.4, 0.5) is 18.9 Å². The number of hydrogen-bond donors (Lipinski definition) is 1. The molecular formula is C19H18F3N3O2. The summed E-state index contributed by atoms with van der Waals surface area (Å²) in [4.78, 5) is 27.6. The molecule has 0 unspecified atom stereocenters. The second-order valence-corrected chi connectivity index (χ2v) is 6.13. The van der Waals surface area contributed by atoms with Crippen LogP contribution in [-0.2, 0) is 4.79 Å². The van der Waals surface area contributed by atoms with E-state index in [1.54, 1.807) is 23.1 Å². The molecule has 2 aromatic carbocycles. The van der Waals surface area contributed by atoms with Crippen molar-refractivity contribution in [3.8, 4) is 0 Å². The third kappa shape index (κ3) is 4.39. The zero-order valence-corrected chi connectivity index (χ0v) is 14.4. The molecule has 1 aliphatic heterocycles. The number of nitrogens with zero attached hydrogens (tertiary/aromatic N) is 2. The quantitative estimate of drug-likeness (QED) is 0.889. The van der Waals surface area contributed by atoms with Crippen LogP contribution in [0.3, 0.4) is 0 Å². The van der Waals surface area contributed by atoms with Crippen LogP contribution in [-0.4, -0.2) is 49.4 Å². The fourth-order valence-electron chi connectivity index (χ4n) is 2.94. The van der Waals surface area contributed by atoms with Gasteiger partial charge in [-0.15, -0.1) is 0 Å². The summed E-state index contributed by atoms with van der Waals surface area (Å²) in [5, 5.41) is 2.34. The van der Waals surface area contributed by atoms with E-state index < -0.39 is 17.5 Å². The Hall–Kier alpha value is -3.03. The normalized spacial score (nSPS) is 14.2. The monoisotopic (exact) mass is 377 g/mol. The predicted molar refractivity (Wildman–Crippen MR) is 93.9 cm³/mol. The van der Waals surface area contributed by atoms with Gasteiger partial charge in [0, 0.05) is 32.2 Å². The molecule has 0 saturated carbocycles. The number of rotatable bonds is 4. The highest BCUT2D eigenvalue weighted by Crippen LogP contribution is 2.20. The van der Waals surface area contributed by atoms with Gasteiger partial charge in [-0.05, 0) is 24.3 Å². The molecule has 0 aromatic heterocycles. The smallest absolute Gasteiger partial charge is 0.254 e. The van der Waals surface area contributed by atoms with E-state index in [0.29, 0.717) is 37.9 Å². The van der Waals surface area contributed by atoms with Gasteiger partial charge in [0.25, 0.3) is 5.91 Å². The number of carbonyl (C=O) groups is 2. The van der Waals surface area contributed by atoms with Crippen LogP contribution in [0.1, 0.15) is 10.4 Å². The van der Waals surface area contributed by atoms with E-state index in [0.717, 1.165) is 12.1 Å². The Morgan fingerprint density at radius 2 is 1.63 bits per heavy atom. The molecule has 142 valence electrons. The van der Waals surface area contributed by atoms with Crippen LogP contribution in [0.15, 0.2) is 42.5 Å². The fraction of sp³-hybridized carbons (Fsp3) is 0.263. The highest BCUT2D eigenvalue weighted by Gasteiger charge is 2.23. The van der Waals surface area contributed by atoms with E-state index in [2.05, 4.69) is 5.32 Å². The molecule has 1 fully saturated rings. The first kappa shape index (κ1) is 18.8. The minimum absolute atomic E-state index is 0.296. The van der Waals surface area contributed by atoms with E-state index in [4.69, 9.17) is 0 Å². The van der Waals surface area contributed by atoms with Crippen LogP contribution in [0.25, 0.3) is 0 Å². The first-order chi connectivity index (χ1) is 13.0. The maximum absolute atomic E-state index is 13.8. The lowest BCUT2D eigenvalue weighted by Gasteiger charge is -2.36. The molecule has 27 heavy (non-hydrogen) atoms. The first-order valence-electron chi connectivity index (χ1n) is 8.46. The number of nitrogens with one attached hydrogen (secondary N) is 1. The molecule has 2 amide bonds. The molecular weight excluding hydrogens is 359 g/mol. The Labute approximate surface area is 154 Å². The maximum atomic E-state index is 13.8. The summed E-state index contributed by atoms with van der Waals surface area (Å²) in [5.41, 5.74) is 0.165. The second-order valence-electron chi connectivity index (χ2n) is 6.13. The number of amides is 2. The van der Waals surface area contributed by atoms with Gasteiger partial charge in [-0.2, -0.15) is 0 Å². The van der Waals surface area contributed by atoms with Gasteiger partial charge in [0.1, 0.15) is 17.5 Å². The zero-order valence-electron chi connectivity index (χ0n) is 14.4. The van der Waals surface area contributed by atoms with E-state index in [-0.39, 0.29) is 23.8 Å². The van der Waals surface area contributed by atoms with E-state index >= 15 is 0 Å². The molecule has 0 aliphatic carbocycles. The molecule has 0 spiro atoms. The summed E-state index contributed by atoms with van der Waals surface area (Å²) < 4.78 is 40.3. The van der Waals surface area contributed by atoms with Crippen molar-refractivity contribution >= 4 is 17.5 Å². The van der Waals surface area contributed by atoms with Gasteiger partial charge >= 0.3 is 0 Å². The molecule has 1 aliphatic rings. The molecule has 0 radical (unpaired) electrons. The van der Waals surface area contributed by atoms with Crippen LogP contribution >= 0.6 is 0 Å². The number of carbonyl (C=O) groups excluding carboxylic acids is 2. The van der Waals surface area contributed by atoms with Crippen molar-refractivity contribution in [1.29, 1.82) is 0 Å². The zero-order chi connectivity index (χ0) is 19.4. The predicted octanol–water partition coefficient (Wildman–Crippen LogP) is 2.18. The molecule has 5 nitrogen and oxygen atoms in total. The molecule has 2 aromatic rings. The summed E-state index contributed by atoms with van der Waals surface area (Å²) in [6.07, 6.45) is 0. The Bertz CT molecular complexity index is 852. The van der Waals surface area contributed by atoms with Crippen molar-refractivity contribution in [1.82, 2.24) is 10.2 Å². The summed E-state index contributed by atoms with van der Waals surface area (Å²) in [5.74, 6) is -3.19. The summed E-state index contributed by atoms with van der Waals surface area (Å²) >= 11 is 0. The summed E-state index contributed by atoms with van der Waals surface area (Å²) in [6, 6.07) is 9.05. The van der Waals surface area contributed by atoms with Crippen LogP contribution in [0, 0.1) is 17.5 Å². The largest absolute Gasteiger partial charge is 0.366 e. The lowest BCUT2D eigenvalue weighted by Crippen LogP contribution is -2.51. The SMILES string of the molecule is O=C(NCC(=O)N1CCN(c2ccccc2F)CC1)c1ccc(F)cc1F. The maximum Gasteiger partial charge on any atom is 0.254 e. The number of anilines is 1. The average Bonchev–Trinajstić information content (AvgIpc) is 2.66. The van der Waals surface area contributed by atoms with Crippen molar-refractivity contribution in [3.63, 3.8) is 0 Å². The third-order valence-electron chi connectivity index (χ3n) is 4.40. The van der Waals surface area contributed by atoms with Crippen LogP contribution in [0.5, 0.6) is 0 Å². The second kappa shape index (κ2) is 8.11. The van der Waals surface area contributed by atoms with Gasteiger partial charge < -0.3 is 15.1 Å². The van der Waals surface area contributed by atoms with Gasteiger partial charge in [0.15, 0.2) is 0 Å². The Morgan fingerprint density at radius 3 is 2.30 bits per heavy atom. The lowest BCUT2D eigenvalue weighted by atomic mass is 10.2. The molecule has 1 heterocycles. The Kier molecular flexibility index (Phi) is 5.63. The fourth-order valence-corrected chi connectivity index (χ4v) is 2.94. The van der Waals surface area contributed by atoms with Gasteiger partial charge in [-0.25, -0.2) is 13.2 Å². The first-order valence-corrected chi connectivity index (χ1v) is 8.46. The number of benzene rings is 2. The van der Waals surface area contributed by atoms with Crippen molar-refractivity contribution in [3.05, 3.63) is 65.5 Å². The van der Waals surface area contributed by atoms with Gasteiger partial charge in [0.2, 0.25) is 5.91 Å². The van der Waals surface area contributed by atoms with Crippen molar-refractivity contribution in [2.75, 3.05) is 37.6 Å². The molecule has 1 saturated heterocycles. The highest BCUT2D eigenvalue weighted by molar-refractivity contribution is 5.96. The summed E-state index contributed by atoms with van der Waals surface area (Å²) in [7, 11) is 0. The third-order valence-corrected chi connectivity index (χ3v) is 4.40. The standard InChI is InChI=1S/C19H18F3N3O2/c20-13-5-6-14(16(22)11-13)19(27)23-12-18(26)25-9-7-24(8-10-25)17-4-2-1-3-15(17)21/h1-6,11H,7-10,12H2,(H,23,27). The van der Waals surface area contributed by atoms with Crippen molar-refractivity contribution in [2.45, 2.75) is 0 Å². The number of para-hydroxylation sites is 1. The Balaban J connectivity index is 1.51. The van der Waals surface area contributed by atoms with Crippen LogP contribution in [0.2, 0.25) is 0 Å². The molecule has 0 bridgehead atoms. The molecule has 8 heteroatoms. The number of piperazine rings is 1. The Morgan fingerprint density at radius 1 is 0.926 bits per heavy atom. The van der Waals surface area contributed by atoms with E-state index in [1.165, 1.54) is 6.07 Å². The minimum Gasteiger partial charge on any atom is -0.366 e.